The van der Waals surface area contributed by atoms with Crippen LogP contribution in [-0.4, -0.2) is 31.5 Å². The van der Waals surface area contributed by atoms with Crippen molar-refractivity contribution in [1.29, 1.82) is 5.26 Å². The molecule has 0 aliphatic heterocycles. The Morgan fingerprint density at radius 2 is 2.04 bits per heavy atom. The van der Waals surface area contributed by atoms with E-state index in [0.29, 0.717) is 17.9 Å². The summed E-state index contributed by atoms with van der Waals surface area (Å²) in [4.78, 5) is 8.62. The van der Waals surface area contributed by atoms with Gasteiger partial charge >= 0.3 is 0 Å². The highest BCUT2D eigenvalue weighted by Crippen LogP contribution is 2.21. The second-order valence-corrected chi connectivity index (χ2v) is 6.82. The fraction of sp³-hybridized carbons (Fsp3) is 0.278. The molecule has 0 spiro atoms. The van der Waals surface area contributed by atoms with Crippen molar-refractivity contribution in [2.24, 2.45) is 0 Å². The maximum Gasteiger partial charge on any atom is 0.0993 e. The minimum Gasteiger partial charge on any atom is -0.390 e. The molecule has 0 aliphatic carbocycles. The summed E-state index contributed by atoms with van der Waals surface area (Å²) >= 11 is 1.44. The molecule has 122 valence electrons. The van der Waals surface area contributed by atoms with Gasteiger partial charge < -0.3 is 9.67 Å². The average molecular weight is 338 g/mol. The number of aromatic nitrogens is 3. The van der Waals surface area contributed by atoms with E-state index >= 15 is 0 Å². The van der Waals surface area contributed by atoms with Crippen LogP contribution in [0.25, 0.3) is 11.0 Å². The molecule has 5 nitrogen and oxygen atoms in total. The number of pyridine rings is 1. The quantitative estimate of drug-likeness (QED) is 0.724. The molecule has 1 N–H and O–H groups in total. The lowest BCUT2D eigenvalue weighted by molar-refractivity contribution is 0.179. The number of nitriles is 1. The minimum atomic E-state index is -0.526. The summed E-state index contributed by atoms with van der Waals surface area (Å²) in [5, 5.41) is 20.0. The maximum absolute atomic E-state index is 10.3. The van der Waals surface area contributed by atoms with Crippen molar-refractivity contribution in [3.8, 4) is 6.07 Å². The van der Waals surface area contributed by atoms with Crippen LogP contribution in [0.4, 0.5) is 0 Å². The second-order valence-electron chi connectivity index (χ2n) is 5.78. The number of nitrogens with zero attached hydrogens (tertiary/aromatic N) is 4. The highest BCUT2D eigenvalue weighted by Gasteiger charge is 2.11. The van der Waals surface area contributed by atoms with E-state index in [9.17, 15) is 5.11 Å². The molecule has 0 amide bonds. The molecule has 0 saturated heterocycles. The summed E-state index contributed by atoms with van der Waals surface area (Å²) < 4.78 is 1.98. The number of benzene rings is 1. The van der Waals surface area contributed by atoms with Crippen LogP contribution in [0, 0.1) is 25.2 Å². The van der Waals surface area contributed by atoms with Crippen LogP contribution in [0.3, 0.4) is 0 Å². The molecular weight excluding hydrogens is 320 g/mol. The van der Waals surface area contributed by atoms with Crippen LogP contribution in [0.2, 0.25) is 0 Å². The van der Waals surface area contributed by atoms with E-state index in [1.54, 1.807) is 24.7 Å². The summed E-state index contributed by atoms with van der Waals surface area (Å²) in [7, 11) is 0. The van der Waals surface area contributed by atoms with Crippen molar-refractivity contribution in [1.82, 2.24) is 14.5 Å². The van der Waals surface area contributed by atoms with Gasteiger partial charge in [0.2, 0.25) is 0 Å². The molecule has 2 heterocycles. The van der Waals surface area contributed by atoms with Gasteiger partial charge in [-0.15, -0.1) is 11.8 Å². The Morgan fingerprint density at radius 3 is 2.83 bits per heavy atom. The number of fused-ring (bicyclic) bond motifs is 1. The van der Waals surface area contributed by atoms with Gasteiger partial charge in [-0.2, -0.15) is 5.26 Å². The van der Waals surface area contributed by atoms with E-state index in [0.717, 1.165) is 16.1 Å². The first-order valence-electron chi connectivity index (χ1n) is 7.66. The van der Waals surface area contributed by atoms with Crippen molar-refractivity contribution in [3.63, 3.8) is 0 Å². The molecule has 0 fully saturated rings. The predicted octanol–water partition coefficient (Wildman–Crippen LogP) is 3.07. The molecule has 1 unspecified atom stereocenters. The van der Waals surface area contributed by atoms with Crippen molar-refractivity contribution < 1.29 is 5.11 Å². The maximum atomic E-state index is 10.3. The van der Waals surface area contributed by atoms with Gasteiger partial charge in [0.25, 0.3) is 0 Å². The predicted molar refractivity (Wildman–Crippen MR) is 94.9 cm³/mol. The van der Waals surface area contributed by atoms with Gasteiger partial charge in [0.05, 0.1) is 46.7 Å². The van der Waals surface area contributed by atoms with Crippen LogP contribution >= 0.6 is 11.8 Å². The molecule has 0 bridgehead atoms. The average Bonchev–Trinajstić information content (AvgIpc) is 2.95. The van der Waals surface area contributed by atoms with Gasteiger partial charge in [0.15, 0.2) is 0 Å². The monoisotopic (exact) mass is 338 g/mol. The number of hydrogen-bond acceptors (Lipinski definition) is 5. The largest absolute Gasteiger partial charge is 0.390 e. The summed E-state index contributed by atoms with van der Waals surface area (Å²) in [6.45, 7) is 4.62. The summed E-state index contributed by atoms with van der Waals surface area (Å²) in [5.74, 6) is 0.506. The number of hydrogen-bond donors (Lipinski definition) is 1. The third-order valence-corrected chi connectivity index (χ3v) is 5.00. The zero-order chi connectivity index (χ0) is 17.1. The molecule has 1 atom stereocenters. The fourth-order valence-corrected chi connectivity index (χ4v) is 3.29. The van der Waals surface area contributed by atoms with Gasteiger partial charge in [-0.05, 0) is 49.2 Å². The summed E-state index contributed by atoms with van der Waals surface area (Å²) in [6, 6.07) is 9.67. The Kier molecular flexibility index (Phi) is 4.84. The lowest BCUT2D eigenvalue weighted by Gasteiger charge is -2.12. The molecule has 3 rings (SSSR count). The summed E-state index contributed by atoms with van der Waals surface area (Å²) in [6.07, 6.45) is 2.86. The lowest BCUT2D eigenvalue weighted by atomic mass is 10.1. The highest BCUT2D eigenvalue weighted by atomic mass is 32.2. The Hall–Kier alpha value is -2.36. The number of aryl methyl sites for hydroxylation is 2. The zero-order valence-corrected chi connectivity index (χ0v) is 14.4. The third kappa shape index (κ3) is 3.58. The molecule has 24 heavy (non-hydrogen) atoms. The van der Waals surface area contributed by atoms with Crippen molar-refractivity contribution in [3.05, 3.63) is 53.5 Å². The first kappa shape index (κ1) is 16.5. The topological polar surface area (TPSA) is 74.7 Å². The fourth-order valence-electron chi connectivity index (χ4n) is 2.48. The van der Waals surface area contributed by atoms with Crippen molar-refractivity contribution >= 4 is 22.8 Å². The number of imidazole rings is 1. The van der Waals surface area contributed by atoms with Gasteiger partial charge in [-0.25, -0.2) is 9.97 Å². The number of thioether (sulfide) groups is 1. The van der Waals surface area contributed by atoms with Crippen LogP contribution in [-0.2, 0) is 6.54 Å². The van der Waals surface area contributed by atoms with Gasteiger partial charge in [0, 0.05) is 11.9 Å². The molecule has 1 aromatic carbocycles. The first-order chi connectivity index (χ1) is 11.6. The minimum absolute atomic E-state index is 0.476. The van der Waals surface area contributed by atoms with Crippen LogP contribution in [0.1, 0.15) is 16.7 Å². The van der Waals surface area contributed by atoms with Gasteiger partial charge in [-0.3, -0.25) is 0 Å². The number of aliphatic hydroxyl groups is 1. The summed E-state index contributed by atoms with van der Waals surface area (Å²) in [5.41, 5.74) is 4.99. The molecule has 0 aliphatic rings. The van der Waals surface area contributed by atoms with Crippen molar-refractivity contribution in [2.45, 2.75) is 31.5 Å². The highest BCUT2D eigenvalue weighted by molar-refractivity contribution is 7.99. The van der Waals surface area contributed by atoms with E-state index in [1.807, 2.05) is 4.57 Å². The lowest BCUT2D eigenvalue weighted by Crippen LogP contribution is -2.18. The Morgan fingerprint density at radius 1 is 1.25 bits per heavy atom. The second kappa shape index (κ2) is 7.04. The molecule has 0 saturated carbocycles. The Labute approximate surface area is 145 Å². The van der Waals surface area contributed by atoms with E-state index in [-0.39, 0.29) is 0 Å². The number of aliphatic hydroxyl groups excluding tert-OH is 1. The standard InChI is InChI=1S/C18H18N4OS/c1-12-5-16-17(6-13(12)2)22(11-21-16)9-15(23)10-24-18-7-14(8-19)3-4-20-18/h3-7,11,15,23H,9-10H2,1-2H3. The first-order valence-corrected chi connectivity index (χ1v) is 8.64. The molecule has 6 heteroatoms. The van der Waals surface area contributed by atoms with E-state index in [1.165, 1.54) is 22.9 Å². The van der Waals surface area contributed by atoms with E-state index in [4.69, 9.17) is 5.26 Å². The zero-order valence-electron chi connectivity index (χ0n) is 13.6. The molecular formula is C18H18N4OS. The SMILES string of the molecule is Cc1cc2ncn(CC(O)CSc3cc(C#N)ccn3)c2cc1C. The van der Waals surface area contributed by atoms with E-state index in [2.05, 4.69) is 42.0 Å². The van der Waals surface area contributed by atoms with Crippen LogP contribution in [0.5, 0.6) is 0 Å². The molecule has 3 aromatic rings. The molecule has 2 aromatic heterocycles. The van der Waals surface area contributed by atoms with Crippen molar-refractivity contribution in [2.75, 3.05) is 5.75 Å². The van der Waals surface area contributed by atoms with Crippen LogP contribution < -0.4 is 0 Å². The smallest absolute Gasteiger partial charge is 0.0993 e. The normalized spacial score (nSPS) is 12.2. The Balaban J connectivity index is 1.68. The number of rotatable bonds is 5. The van der Waals surface area contributed by atoms with Gasteiger partial charge in [-0.1, -0.05) is 0 Å². The van der Waals surface area contributed by atoms with Gasteiger partial charge in [0.1, 0.15) is 0 Å². The van der Waals surface area contributed by atoms with Crippen LogP contribution in [0.15, 0.2) is 41.8 Å². The van der Waals surface area contributed by atoms with E-state index < -0.39 is 6.10 Å². The molecule has 0 radical (unpaired) electrons. The third-order valence-electron chi connectivity index (χ3n) is 3.93. The Bertz CT molecular complexity index is 913.